The largest absolute Gasteiger partial charge is 0.496 e. The first-order valence-electron chi connectivity index (χ1n) is 6.04. The molecule has 4 nitrogen and oxygen atoms in total. The first kappa shape index (κ1) is 15.1. The maximum absolute atomic E-state index is 13.7. The summed E-state index contributed by atoms with van der Waals surface area (Å²) < 4.78 is 24.0. The smallest absolute Gasteiger partial charge is 0.263 e. The number of carbonyl (C=O) groups excluding carboxylic acids is 1. The zero-order valence-corrected chi connectivity index (χ0v) is 12.2. The first-order valence-corrected chi connectivity index (χ1v) is 6.42. The van der Waals surface area contributed by atoms with Crippen LogP contribution in [-0.2, 0) is 0 Å². The molecule has 0 saturated carbocycles. The minimum absolute atomic E-state index is 0.0253. The Kier molecular flexibility index (Phi) is 4.65. The number of methoxy groups -OCH3 is 2. The van der Waals surface area contributed by atoms with Crippen molar-refractivity contribution in [1.29, 1.82) is 0 Å². The van der Waals surface area contributed by atoms with Gasteiger partial charge >= 0.3 is 0 Å². The van der Waals surface area contributed by atoms with Crippen LogP contribution in [0.4, 0.5) is 10.1 Å². The van der Waals surface area contributed by atoms with E-state index in [-0.39, 0.29) is 16.3 Å². The molecule has 0 unspecified atom stereocenters. The number of nitrogens with one attached hydrogen (secondary N) is 1. The number of carbonyl (C=O) groups is 1. The molecule has 0 spiro atoms. The third-order valence-corrected chi connectivity index (χ3v) is 3.07. The fourth-order valence-corrected chi connectivity index (χ4v) is 2.01. The maximum atomic E-state index is 13.7. The van der Waals surface area contributed by atoms with Gasteiger partial charge < -0.3 is 14.8 Å². The van der Waals surface area contributed by atoms with Crippen molar-refractivity contribution >= 4 is 23.2 Å². The minimum Gasteiger partial charge on any atom is -0.496 e. The molecular formula is C15H13ClFNO3. The highest BCUT2D eigenvalue weighted by Crippen LogP contribution is 2.29. The molecule has 2 aromatic rings. The summed E-state index contributed by atoms with van der Waals surface area (Å²) in [4.78, 5) is 12.3. The topological polar surface area (TPSA) is 47.6 Å². The number of halogens is 2. The molecular weight excluding hydrogens is 297 g/mol. The lowest BCUT2D eigenvalue weighted by molar-refractivity contribution is 0.102. The van der Waals surface area contributed by atoms with Crippen LogP contribution in [0.1, 0.15) is 10.4 Å². The Morgan fingerprint density at radius 3 is 2.29 bits per heavy atom. The normalized spacial score (nSPS) is 10.1. The molecule has 6 heteroatoms. The van der Waals surface area contributed by atoms with Crippen LogP contribution in [0.3, 0.4) is 0 Å². The lowest BCUT2D eigenvalue weighted by Gasteiger charge is -2.13. The highest BCUT2D eigenvalue weighted by atomic mass is 35.5. The fraction of sp³-hybridized carbons (Fsp3) is 0.133. The third kappa shape index (κ3) is 3.25. The summed E-state index contributed by atoms with van der Waals surface area (Å²) in [6, 6.07) is 8.93. The van der Waals surface area contributed by atoms with Gasteiger partial charge in [-0.1, -0.05) is 17.7 Å². The van der Waals surface area contributed by atoms with E-state index in [9.17, 15) is 9.18 Å². The van der Waals surface area contributed by atoms with E-state index in [0.717, 1.165) is 6.07 Å². The number of amides is 1. The summed E-state index contributed by atoms with van der Waals surface area (Å²) in [6.07, 6.45) is 0. The predicted molar refractivity (Wildman–Crippen MR) is 78.9 cm³/mol. The number of anilines is 1. The summed E-state index contributed by atoms with van der Waals surface area (Å²) in [5.74, 6) is -0.488. The second-order valence-corrected chi connectivity index (χ2v) is 4.55. The van der Waals surface area contributed by atoms with Crippen LogP contribution >= 0.6 is 11.6 Å². The monoisotopic (exact) mass is 309 g/mol. The van der Waals surface area contributed by atoms with Crippen LogP contribution in [0.25, 0.3) is 0 Å². The molecule has 0 bridgehead atoms. The van der Waals surface area contributed by atoms with Gasteiger partial charge in [0.05, 0.1) is 19.9 Å². The van der Waals surface area contributed by atoms with Gasteiger partial charge in [0.2, 0.25) is 0 Å². The van der Waals surface area contributed by atoms with Crippen LogP contribution in [0.5, 0.6) is 11.5 Å². The van der Waals surface area contributed by atoms with Gasteiger partial charge in [-0.15, -0.1) is 0 Å². The molecule has 1 amide bonds. The molecule has 21 heavy (non-hydrogen) atoms. The van der Waals surface area contributed by atoms with Crippen molar-refractivity contribution in [3.05, 3.63) is 52.8 Å². The number of hydrogen-bond donors (Lipinski definition) is 1. The Morgan fingerprint density at radius 1 is 1.14 bits per heavy atom. The quantitative estimate of drug-likeness (QED) is 0.935. The van der Waals surface area contributed by atoms with Crippen molar-refractivity contribution in [2.75, 3.05) is 19.5 Å². The molecule has 2 rings (SSSR count). The van der Waals surface area contributed by atoms with Gasteiger partial charge in [-0.05, 0) is 30.3 Å². The SMILES string of the molecule is COc1cccc(OC)c1C(=O)Nc1ccc(Cl)cc1F. The second-order valence-electron chi connectivity index (χ2n) is 4.12. The van der Waals surface area contributed by atoms with E-state index in [1.807, 2.05) is 0 Å². The average molecular weight is 310 g/mol. The lowest BCUT2D eigenvalue weighted by atomic mass is 10.1. The van der Waals surface area contributed by atoms with Crippen molar-refractivity contribution in [2.24, 2.45) is 0 Å². The zero-order valence-electron chi connectivity index (χ0n) is 11.4. The highest BCUT2D eigenvalue weighted by molar-refractivity contribution is 6.30. The van der Waals surface area contributed by atoms with Gasteiger partial charge in [0, 0.05) is 5.02 Å². The Hall–Kier alpha value is -2.27. The minimum atomic E-state index is -0.621. The molecule has 1 N–H and O–H groups in total. The summed E-state index contributed by atoms with van der Waals surface area (Å²) in [5, 5.41) is 2.72. The van der Waals surface area contributed by atoms with Gasteiger partial charge in [0.25, 0.3) is 5.91 Å². The lowest BCUT2D eigenvalue weighted by Crippen LogP contribution is -2.15. The molecule has 0 aliphatic carbocycles. The van der Waals surface area contributed by atoms with E-state index in [2.05, 4.69) is 5.32 Å². The summed E-state index contributed by atoms with van der Waals surface area (Å²) in [5.41, 5.74) is 0.217. The summed E-state index contributed by atoms with van der Waals surface area (Å²) >= 11 is 5.67. The third-order valence-electron chi connectivity index (χ3n) is 2.83. The van der Waals surface area contributed by atoms with Gasteiger partial charge in [-0.2, -0.15) is 0 Å². The molecule has 0 aromatic heterocycles. The van der Waals surface area contributed by atoms with Gasteiger partial charge in [0.15, 0.2) is 0 Å². The average Bonchev–Trinajstić information content (AvgIpc) is 2.49. The van der Waals surface area contributed by atoms with Crippen LogP contribution < -0.4 is 14.8 Å². The molecule has 110 valence electrons. The predicted octanol–water partition coefficient (Wildman–Crippen LogP) is 3.75. The van der Waals surface area contributed by atoms with E-state index >= 15 is 0 Å². The number of benzene rings is 2. The molecule has 0 atom stereocenters. The van der Waals surface area contributed by atoms with Crippen molar-refractivity contribution in [3.8, 4) is 11.5 Å². The Bertz CT molecular complexity index is 654. The first-order chi connectivity index (χ1) is 10.1. The molecule has 0 heterocycles. The molecule has 2 aromatic carbocycles. The fourth-order valence-electron chi connectivity index (χ4n) is 1.85. The molecule has 0 fully saturated rings. The molecule has 0 aliphatic heterocycles. The van der Waals surface area contributed by atoms with Crippen molar-refractivity contribution in [3.63, 3.8) is 0 Å². The number of rotatable bonds is 4. The van der Waals surface area contributed by atoms with E-state index < -0.39 is 11.7 Å². The van der Waals surface area contributed by atoms with Crippen LogP contribution in [0.2, 0.25) is 5.02 Å². The van der Waals surface area contributed by atoms with E-state index in [0.29, 0.717) is 11.5 Å². The van der Waals surface area contributed by atoms with Crippen molar-refractivity contribution < 1.29 is 18.7 Å². The standard InChI is InChI=1S/C15H13ClFNO3/c1-20-12-4-3-5-13(21-2)14(12)15(19)18-11-7-6-9(16)8-10(11)17/h3-8H,1-2H3,(H,18,19). The molecule has 0 radical (unpaired) electrons. The van der Waals surface area contributed by atoms with Gasteiger partial charge in [-0.3, -0.25) is 4.79 Å². The van der Waals surface area contributed by atoms with E-state index in [4.69, 9.17) is 21.1 Å². The number of hydrogen-bond acceptors (Lipinski definition) is 3. The van der Waals surface area contributed by atoms with Crippen LogP contribution in [-0.4, -0.2) is 20.1 Å². The van der Waals surface area contributed by atoms with Crippen LogP contribution in [0, 0.1) is 5.82 Å². The van der Waals surface area contributed by atoms with Crippen molar-refractivity contribution in [2.45, 2.75) is 0 Å². The van der Waals surface area contributed by atoms with E-state index in [1.165, 1.54) is 26.4 Å². The van der Waals surface area contributed by atoms with E-state index in [1.54, 1.807) is 18.2 Å². The number of ether oxygens (including phenoxy) is 2. The van der Waals surface area contributed by atoms with Gasteiger partial charge in [0.1, 0.15) is 22.9 Å². The maximum Gasteiger partial charge on any atom is 0.263 e. The Morgan fingerprint density at radius 2 is 1.76 bits per heavy atom. The molecule has 0 saturated heterocycles. The Balaban J connectivity index is 2.36. The summed E-state index contributed by atoms with van der Waals surface area (Å²) in [7, 11) is 2.88. The second kappa shape index (κ2) is 6.45. The summed E-state index contributed by atoms with van der Waals surface area (Å²) in [6.45, 7) is 0. The Labute approximate surface area is 126 Å². The van der Waals surface area contributed by atoms with Crippen molar-refractivity contribution in [1.82, 2.24) is 0 Å². The van der Waals surface area contributed by atoms with Crippen LogP contribution in [0.15, 0.2) is 36.4 Å². The molecule has 0 aliphatic rings. The zero-order chi connectivity index (χ0) is 15.4. The highest BCUT2D eigenvalue weighted by Gasteiger charge is 2.19. The van der Waals surface area contributed by atoms with Gasteiger partial charge in [-0.25, -0.2) is 4.39 Å².